The largest absolute Gasteiger partial charge is 0.398 e. The van der Waals surface area contributed by atoms with Crippen LogP contribution in [0.1, 0.15) is 0 Å². The van der Waals surface area contributed by atoms with Crippen molar-refractivity contribution in [1.29, 1.82) is 0 Å². The van der Waals surface area contributed by atoms with Gasteiger partial charge in [-0.05, 0) is 12.1 Å². The number of H-pyrrole nitrogens is 2. The standard InChI is InChI=1S/C7H6FN3O/c8-3-1-4(9)6-5(2-3)10-11-7(6)12/h1-2H,9H2,(H2,10,11,12). The van der Waals surface area contributed by atoms with Crippen LogP contribution in [0, 0.1) is 5.82 Å². The fourth-order valence-corrected chi connectivity index (χ4v) is 1.17. The molecule has 0 fully saturated rings. The second kappa shape index (κ2) is 2.10. The summed E-state index contributed by atoms with van der Waals surface area (Å²) in [7, 11) is 0. The van der Waals surface area contributed by atoms with Crippen molar-refractivity contribution in [2.24, 2.45) is 0 Å². The van der Waals surface area contributed by atoms with Gasteiger partial charge in [-0.2, -0.15) is 0 Å². The third kappa shape index (κ3) is 0.795. The van der Waals surface area contributed by atoms with Crippen LogP contribution in [0.4, 0.5) is 10.1 Å². The summed E-state index contributed by atoms with van der Waals surface area (Å²) < 4.78 is 12.7. The minimum absolute atomic E-state index is 0.146. The summed E-state index contributed by atoms with van der Waals surface area (Å²) in [5, 5.41) is 5.13. The lowest BCUT2D eigenvalue weighted by molar-refractivity contribution is 0.630. The molecule has 0 saturated carbocycles. The topological polar surface area (TPSA) is 74.7 Å². The molecule has 4 N–H and O–H groups in total. The third-order valence-corrected chi connectivity index (χ3v) is 1.67. The lowest BCUT2D eigenvalue weighted by Crippen LogP contribution is -2.01. The van der Waals surface area contributed by atoms with Crippen LogP contribution < -0.4 is 11.3 Å². The van der Waals surface area contributed by atoms with E-state index in [1.165, 1.54) is 6.07 Å². The highest BCUT2D eigenvalue weighted by Gasteiger charge is 2.05. The molecule has 1 heterocycles. The normalized spacial score (nSPS) is 10.8. The van der Waals surface area contributed by atoms with Gasteiger partial charge in [0.25, 0.3) is 5.56 Å². The highest BCUT2D eigenvalue weighted by Crippen LogP contribution is 2.16. The number of anilines is 1. The Kier molecular flexibility index (Phi) is 1.21. The summed E-state index contributed by atoms with van der Waals surface area (Å²) in [4.78, 5) is 11.0. The van der Waals surface area contributed by atoms with Gasteiger partial charge < -0.3 is 5.73 Å². The fraction of sp³-hybridized carbons (Fsp3) is 0. The van der Waals surface area contributed by atoms with E-state index >= 15 is 0 Å². The molecular weight excluding hydrogens is 161 g/mol. The number of hydrogen-bond donors (Lipinski definition) is 3. The van der Waals surface area contributed by atoms with Gasteiger partial charge in [-0.15, -0.1) is 0 Å². The molecule has 0 radical (unpaired) electrons. The zero-order valence-corrected chi connectivity index (χ0v) is 6.02. The van der Waals surface area contributed by atoms with E-state index in [1.807, 2.05) is 0 Å². The first-order valence-corrected chi connectivity index (χ1v) is 3.34. The van der Waals surface area contributed by atoms with E-state index in [2.05, 4.69) is 10.2 Å². The van der Waals surface area contributed by atoms with Gasteiger partial charge in [-0.3, -0.25) is 15.0 Å². The summed E-state index contributed by atoms with van der Waals surface area (Å²) >= 11 is 0. The maximum atomic E-state index is 12.7. The van der Waals surface area contributed by atoms with Gasteiger partial charge in [0.15, 0.2) is 0 Å². The van der Waals surface area contributed by atoms with Crippen molar-refractivity contribution in [2.45, 2.75) is 0 Å². The average molecular weight is 167 g/mol. The van der Waals surface area contributed by atoms with Crippen LogP contribution in [0.15, 0.2) is 16.9 Å². The van der Waals surface area contributed by atoms with E-state index < -0.39 is 5.82 Å². The van der Waals surface area contributed by atoms with Crippen LogP contribution in [-0.2, 0) is 0 Å². The Balaban J connectivity index is 3.03. The number of nitrogens with two attached hydrogens (primary N) is 1. The predicted octanol–water partition coefficient (Wildman–Crippen LogP) is 0.578. The second-order valence-electron chi connectivity index (χ2n) is 2.50. The molecule has 0 aliphatic rings. The third-order valence-electron chi connectivity index (χ3n) is 1.67. The van der Waals surface area contributed by atoms with Gasteiger partial charge in [-0.1, -0.05) is 0 Å². The first-order valence-electron chi connectivity index (χ1n) is 3.34. The van der Waals surface area contributed by atoms with Crippen molar-refractivity contribution >= 4 is 16.6 Å². The van der Waals surface area contributed by atoms with E-state index in [4.69, 9.17) is 5.73 Å². The molecule has 12 heavy (non-hydrogen) atoms. The number of nitrogens with one attached hydrogen (secondary N) is 2. The molecule has 0 unspecified atom stereocenters. The monoisotopic (exact) mass is 167 g/mol. The van der Waals surface area contributed by atoms with E-state index in [1.54, 1.807) is 0 Å². The predicted molar refractivity (Wildman–Crippen MR) is 43.3 cm³/mol. The zero-order chi connectivity index (χ0) is 8.72. The number of nitrogen functional groups attached to an aromatic ring is 1. The number of fused-ring (bicyclic) bond motifs is 1. The molecule has 0 spiro atoms. The van der Waals surface area contributed by atoms with E-state index in [9.17, 15) is 9.18 Å². The van der Waals surface area contributed by atoms with Crippen LogP contribution in [0.3, 0.4) is 0 Å². The average Bonchev–Trinajstić information content (AvgIpc) is 2.31. The zero-order valence-electron chi connectivity index (χ0n) is 6.02. The van der Waals surface area contributed by atoms with Gasteiger partial charge >= 0.3 is 0 Å². The number of aromatic nitrogens is 2. The number of benzene rings is 1. The quantitative estimate of drug-likeness (QED) is 0.502. The van der Waals surface area contributed by atoms with Gasteiger partial charge in [0, 0.05) is 5.69 Å². The molecular formula is C7H6FN3O. The van der Waals surface area contributed by atoms with Crippen LogP contribution in [0.5, 0.6) is 0 Å². The Labute approximate surface area is 66.2 Å². The van der Waals surface area contributed by atoms with E-state index in [0.717, 1.165) is 6.07 Å². The van der Waals surface area contributed by atoms with Crippen LogP contribution in [-0.4, -0.2) is 10.2 Å². The molecule has 0 aliphatic heterocycles. The van der Waals surface area contributed by atoms with Crippen molar-refractivity contribution in [2.75, 3.05) is 5.73 Å². The number of halogens is 1. The summed E-state index contributed by atoms with van der Waals surface area (Å²) in [5.41, 5.74) is 5.62. The highest BCUT2D eigenvalue weighted by atomic mass is 19.1. The molecule has 0 amide bonds. The maximum Gasteiger partial charge on any atom is 0.273 e. The summed E-state index contributed by atoms with van der Waals surface area (Å²) in [6.07, 6.45) is 0. The van der Waals surface area contributed by atoms with Crippen molar-refractivity contribution in [1.82, 2.24) is 10.2 Å². The smallest absolute Gasteiger partial charge is 0.273 e. The Morgan fingerprint density at radius 2 is 2.08 bits per heavy atom. The van der Waals surface area contributed by atoms with Crippen molar-refractivity contribution in [3.05, 3.63) is 28.3 Å². The molecule has 4 nitrogen and oxygen atoms in total. The highest BCUT2D eigenvalue weighted by molar-refractivity contribution is 5.89. The molecule has 62 valence electrons. The van der Waals surface area contributed by atoms with E-state index in [0.29, 0.717) is 10.9 Å². The fourth-order valence-electron chi connectivity index (χ4n) is 1.17. The van der Waals surface area contributed by atoms with Gasteiger partial charge in [0.1, 0.15) is 5.82 Å². The van der Waals surface area contributed by atoms with Gasteiger partial charge in [0.2, 0.25) is 0 Å². The number of hydrogen-bond acceptors (Lipinski definition) is 2. The Bertz CT molecular complexity index is 485. The molecule has 0 saturated heterocycles. The summed E-state index contributed by atoms with van der Waals surface area (Å²) in [5.74, 6) is -0.463. The van der Waals surface area contributed by atoms with Crippen LogP contribution in [0.25, 0.3) is 10.9 Å². The molecule has 0 bridgehead atoms. The number of aromatic amines is 2. The van der Waals surface area contributed by atoms with Crippen LogP contribution in [0.2, 0.25) is 0 Å². The van der Waals surface area contributed by atoms with Gasteiger partial charge in [0.05, 0.1) is 10.9 Å². The van der Waals surface area contributed by atoms with Crippen molar-refractivity contribution in [3.63, 3.8) is 0 Å². The minimum Gasteiger partial charge on any atom is -0.398 e. The Hall–Kier alpha value is -1.78. The summed E-state index contributed by atoms with van der Waals surface area (Å²) in [6.45, 7) is 0. The lowest BCUT2D eigenvalue weighted by atomic mass is 10.2. The molecule has 0 atom stereocenters. The first-order chi connectivity index (χ1) is 5.68. The van der Waals surface area contributed by atoms with E-state index in [-0.39, 0.29) is 11.2 Å². The van der Waals surface area contributed by atoms with Gasteiger partial charge in [-0.25, -0.2) is 4.39 Å². The number of rotatable bonds is 0. The Morgan fingerprint density at radius 3 is 2.83 bits per heavy atom. The first kappa shape index (κ1) is 6.90. The summed E-state index contributed by atoms with van der Waals surface area (Å²) in [6, 6.07) is 2.33. The van der Waals surface area contributed by atoms with Crippen molar-refractivity contribution in [3.8, 4) is 0 Å². The molecule has 1 aromatic carbocycles. The Morgan fingerprint density at radius 1 is 1.33 bits per heavy atom. The maximum absolute atomic E-state index is 12.7. The van der Waals surface area contributed by atoms with Crippen molar-refractivity contribution < 1.29 is 4.39 Å². The SMILES string of the molecule is Nc1cc(F)cc2[nH][nH]c(=O)c12. The minimum atomic E-state index is -0.463. The second-order valence-corrected chi connectivity index (χ2v) is 2.50. The molecule has 0 aliphatic carbocycles. The molecule has 1 aromatic heterocycles. The van der Waals surface area contributed by atoms with Crippen LogP contribution >= 0.6 is 0 Å². The molecule has 5 heteroatoms. The lowest BCUT2D eigenvalue weighted by Gasteiger charge is -1.93. The molecule has 2 rings (SSSR count). The molecule has 2 aromatic rings.